The third kappa shape index (κ3) is 1.84. The maximum atomic E-state index is 8.81. The molecule has 0 atom stereocenters. The number of methoxy groups -OCH3 is 2. The Kier molecular flexibility index (Phi) is 3.25. The second kappa shape index (κ2) is 4.23. The highest BCUT2D eigenvalue weighted by Gasteiger charge is 2.03. The van der Waals surface area contributed by atoms with Gasteiger partial charge >= 0.3 is 0 Å². The Morgan fingerprint density at radius 2 is 2.00 bits per heavy atom. The third-order valence-electron chi connectivity index (χ3n) is 1.47. The van der Waals surface area contributed by atoms with Gasteiger partial charge in [0.05, 0.1) is 19.1 Å². The molecule has 0 spiro atoms. The largest absolute Gasteiger partial charge is 0.497 e. The fourth-order valence-corrected chi connectivity index (χ4v) is 1.21. The summed E-state index contributed by atoms with van der Waals surface area (Å²) < 4.78 is 18.8. The van der Waals surface area contributed by atoms with Crippen molar-refractivity contribution in [2.24, 2.45) is 0 Å². The molecule has 0 fully saturated rings. The molecule has 0 aliphatic rings. The first-order valence-corrected chi connectivity index (χ1v) is 4.12. The Morgan fingerprint density at radius 3 is 2.50 bits per heavy atom. The van der Waals surface area contributed by atoms with Gasteiger partial charge in [-0.05, 0) is 12.1 Å². The van der Waals surface area contributed by atoms with E-state index in [0.717, 1.165) is 0 Å². The van der Waals surface area contributed by atoms with E-state index in [1.54, 1.807) is 32.4 Å². The first kappa shape index (κ1) is 9.22. The third-order valence-corrected chi connectivity index (χ3v) is 2.00. The highest BCUT2D eigenvalue weighted by atomic mass is 32.2. The highest BCUT2D eigenvalue weighted by molar-refractivity contribution is 7.93. The zero-order valence-electron chi connectivity index (χ0n) is 6.90. The van der Waals surface area contributed by atoms with Crippen LogP contribution in [0.5, 0.6) is 11.5 Å². The fourth-order valence-electron chi connectivity index (χ4n) is 0.850. The van der Waals surface area contributed by atoms with Gasteiger partial charge in [0, 0.05) is 18.1 Å². The predicted molar refractivity (Wildman–Crippen MR) is 48.0 cm³/mol. The number of hydrogen-bond donors (Lipinski definition) is 1. The summed E-state index contributed by atoms with van der Waals surface area (Å²) in [6.07, 6.45) is 0. The monoisotopic (exact) mass is 186 g/mol. The number of ether oxygens (including phenoxy) is 2. The average molecular weight is 186 g/mol. The van der Waals surface area contributed by atoms with Gasteiger partial charge in [-0.15, -0.1) is 0 Å². The van der Waals surface area contributed by atoms with Crippen LogP contribution in [0.3, 0.4) is 0 Å². The first-order valence-electron chi connectivity index (χ1n) is 3.35. The molecular weight excluding hydrogens is 176 g/mol. The van der Waals surface area contributed by atoms with Crippen LogP contribution in [-0.2, 0) is 0 Å². The Morgan fingerprint density at radius 1 is 1.25 bits per heavy atom. The van der Waals surface area contributed by atoms with Crippen LogP contribution in [0.25, 0.3) is 0 Å². The van der Waals surface area contributed by atoms with Crippen molar-refractivity contribution in [3.8, 4) is 11.5 Å². The Balaban J connectivity index is 3.02. The molecule has 0 saturated carbocycles. The summed E-state index contributed by atoms with van der Waals surface area (Å²) in [7, 11) is 3.13. The maximum Gasteiger partial charge on any atom is 0.138 e. The topological polar surface area (TPSA) is 38.7 Å². The van der Waals surface area contributed by atoms with Crippen LogP contribution in [0.1, 0.15) is 0 Å². The average Bonchev–Trinajstić information content (AvgIpc) is 2.16. The second-order valence-corrected chi connectivity index (χ2v) is 2.73. The zero-order valence-corrected chi connectivity index (χ0v) is 7.72. The van der Waals surface area contributed by atoms with Gasteiger partial charge in [0.2, 0.25) is 0 Å². The van der Waals surface area contributed by atoms with E-state index >= 15 is 0 Å². The minimum absolute atomic E-state index is 0.613. The molecule has 0 heterocycles. The minimum atomic E-state index is 0.613. The molecule has 1 aromatic carbocycles. The van der Waals surface area contributed by atoms with Crippen LogP contribution < -0.4 is 9.47 Å². The van der Waals surface area contributed by atoms with Crippen molar-refractivity contribution in [2.75, 3.05) is 14.2 Å². The normalized spacial score (nSPS) is 9.58. The first-order chi connectivity index (χ1) is 5.81. The van der Waals surface area contributed by atoms with Crippen molar-refractivity contribution in [2.45, 2.75) is 4.90 Å². The van der Waals surface area contributed by atoms with E-state index in [0.29, 0.717) is 28.4 Å². The number of rotatable bonds is 3. The predicted octanol–water partition coefficient (Wildman–Crippen LogP) is 2.27. The van der Waals surface area contributed by atoms with Crippen molar-refractivity contribution in [3.63, 3.8) is 0 Å². The van der Waals surface area contributed by atoms with Gasteiger partial charge < -0.3 is 14.0 Å². The summed E-state index contributed by atoms with van der Waals surface area (Å²) >= 11 is 0.659. The lowest BCUT2D eigenvalue weighted by Crippen LogP contribution is -1.88. The maximum absolute atomic E-state index is 8.81. The molecule has 0 aliphatic heterocycles. The standard InChI is InChI=1S/C8H10O3S/c1-10-6-3-4-8(12-9)7(5-6)11-2/h3-5,9H,1-2H3. The smallest absolute Gasteiger partial charge is 0.138 e. The summed E-state index contributed by atoms with van der Waals surface area (Å²) in [5.41, 5.74) is 0. The van der Waals surface area contributed by atoms with E-state index in [-0.39, 0.29) is 0 Å². The molecule has 4 heteroatoms. The van der Waals surface area contributed by atoms with Gasteiger partial charge in [0.25, 0.3) is 0 Å². The quantitative estimate of drug-likeness (QED) is 0.735. The molecule has 66 valence electrons. The van der Waals surface area contributed by atoms with Crippen molar-refractivity contribution in [1.82, 2.24) is 0 Å². The molecule has 1 N–H and O–H groups in total. The molecule has 0 unspecified atom stereocenters. The van der Waals surface area contributed by atoms with E-state index in [2.05, 4.69) is 0 Å². The number of benzene rings is 1. The summed E-state index contributed by atoms with van der Waals surface area (Å²) in [5, 5.41) is 0. The molecule has 0 amide bonds. The minimum Gasteiger partial charge on any atom is -0.497 e. The molecule has 0 bridgehead atoms. The van der Waals surface area contributed by atoms with Crippen LogP contribution >= 0.6 is 12.0 Å². The van der Waals surface area contributed by atoms with Crippen LogP contribution in [0.15, 0.2) is 23.1 Å². The second-order valence-electron chi connectivity index (χ2n) is 2.11. The molecular formula is C8H10O3S. The molecule has 0 radical (unpaired) electrons. The lowest BCUT2D eigenvalue weighted by molar-refractivity contribution is 0.387. The highest BCUT2D eigenvalue weighted by Crippen LogP contribution is 2.30. The van der Waals surface area contributed by atoms with E-state index in [1.165, 1.54) is 0 Å². The molecule has 0 aromatic heterocycles. The summed E-state index contributed by atoms with van der Waals surface area (Å²) in [6, 6.07) is 5.22. The van der Waals surface area contributed by atoms with Gasteiger partial charge in [-0.1, -0.05) is 0 Å². The van der Waals surface area contributed by atoms with Crippen molar-refractivity contribution in [1.29, 1.82) is 0 Å². The van der Waals surface area contributed by atoms with Gasteiger partial charge in [-0.3, -0.25) is 0 Å². The molecule has 1 aromatic rings. The van der Waals surface area contributed by atoms with E-state index in [9.17, 15) is 0 Å². The van der Waals surface area contributed by atoms with Crippen LogP contribution in [0.2, 0.25) is 0 Å². The summed E-state index contributed by atoms with van der Waals surface area (Å²) in [5.74, 6) is 1.33. The van der Waals surface area contributed by atoms with Crippen molar-refractivity contribution >= 4 is 12.0 Å². The molecule has 1 rings (SSSR count). The Hall–Kier alpha value is -0.870. The Bertz CT molecular complexity index is 262. The molecule has 0 aliphatic carbocycles. The van der Waals surface area contributed by atoms with Crippen LogP contribution in [-0.4, -0.2) is 18.8 Å². The number of hydrogen-bond acceptors (Lipinski definition) is 4. The van der Waals surface area contributed by atoms with Crippen molar-refractivity contribution < 1.29 is 14.0 Å². The van der Waals surface area contributed by atoms with Gasteiger partial charge in [0.1, 0.15) is 11.5 Å². The molecule has 12 heavy (non-hydrogen) atoms. The summed E-state index contributed by atoms with van der Waals surface area (Å²) in [4.78, 5) is 0.679. The lowest BCUT2D eigenvalue weighted by atomic mass is 10.3. The van der Waals surface area contributed by atoms with E-state index in [4.69, 9.17) is 14.0 Å². The van der Waals surface area contributed by atoms with Crippen molar-refractivity contribution in [3.05, 3.63) is 18.2 Å². The zero-order chi connectivity index (χ0) is 8.97. The van der Waals surface area contributed by atoms with Gasteiger partial charge in [-0.25, -0.2) is 0 Å². The molecule has 0 saturated heterocycles. The molecule has 3 nitrogen and oxygen atoms in total. The lowest BCUT2D eigenvalue weighted by Gasteiger charge is -2.06. The Labute approximate surface area is 75.5 Å². The van der Waals surface area contributed by atoms with E-state index < -0.39 is 0 Å². The van der Waals surface area contributed by atoms with Gasteiger partial charge in [0.15, 0.2) is 0 Å². The van der Waals surface area contributed by atoms with Crippen LogP contribution in [0, 0.1) is 0 Å². The van der Waals surface area contributed by atoms with E-state index in [1.807, 2.05) is 0 Å². The summed E-state index contributed by atoms with van der Waals surface area (Å²) in [6.45, 7) is 0. The fraction of sp³-hybridized carbons (Fsp3) is 0.250. The SMILES string of the molecule is COc1ccc(SO)c(OC)c1. The van der Waals surface area contributed by atoms with Gasteiger partial charge in [-0.2, -0.15) is 0 Å². The van der Waals surface area contributed by atoms with Crippen LogP contribution in [0.4, 0.5) is 0 Å².